The Balaban J connectivity index is 0. The highest BCUT2D eigenvalue weighted by atomic mass is 35.5. The van der Waals surface area contributed by atoms with E-state index in [2.05, 4.69) is 0 Å². The zero-order valence-electron chi connectivity index (χ0n) is 8.29. The highest BCUT2D eigenvalue weighted by Crippen LogP contribution is 2.13. The summed E-state index contributed by atoms with van der Waals surface area (Å²) >= 11 is 0. The van der Waals surface area contributed by atoms with Crippen molar-refractivity contribution in [3.05, 3.63) is 29.8 Å². The Hall–Kier alpha value is -1.30. The third kappa shape index (κ3) is 4.06. The third-order valence-electron chi connectivity index (χ3n) is 1.79. The highest BCUT2D eigenvalue weighted by molar-refractivity contribution is 6.02. The summed E-state index contributed by atoms with van der Waals surface area (Å²) in [6.07, 6.45) is -0.430. The smallest absolute Gasteiger partial charge is 0.417 e. The van der Waals surface area contributed by atoms with Crippen LogP contribution in [-0.2, 0) is 6.54 Å². The van der Waals surface area contributed by atoms with Crippen molar-refractivity contribution in [1.82, 2.24) is 0 Å². The summed E-state index contributed by atoms with van der Waals surface area (Å²) in [6.45, 7) is 0.415. The van der Waals surface area contributed by atoms with E-state index in [0.29, 0.717) is 12.2 Å². The van der Waals surface area contributed by atoms with Crippen molar-refractivity contribution in [2.75, 3.05) is 4.90 Å². The first-order valence-electron chi connectivity index (χ1n) is 4.00. The molecule has 0 unspecified atom stereocenters. The van der Waals surface area contributed by atoms with Gasteiger partial charge in [-0.05, 0) is 17.7 Å². The van der Waals surface area contributed by atoms with Gasteiger partial charge in [0, 0.05) is 6.54 Å². The average molecular weight is 266 g/mol. The summed E-state index contributed by atoms with van der Waals surface area (Å²) in [4.78, 5) is 11.5. The predicted octanol–water partition coefficient (Wildman–Crippen LogP) is 2.08. The molecule has 1 aromatic carbocycles. The summed E-state index contributed by atoms with van der Waals surface area (Å²) in [6, 6.07) is 6.69. The standard InChI is InChI=1S/C9H11N3O2.2ClH/c10-5-7-1-3-8(4-2-7)12(6-11)9(13)14;;/h1-4,6,11H,5,10H2,(H,13,14);2*1H. The molecule has 0 spiro atoms. The molecule has 7 heteroatoms. The topological polar surface area (TPSA) is 90.4 Å². The number of benzene rings is 1. The molecule has 0 atom stereocenters. The minimum atomic E-state index is -1.18. The van der Waals surface area contributed by atoms with Crippen molar-refractivity contribution in [2.45, 2.75) is 6.54 Å². The Morgan fingerprint density at radius 3 is 2.19 bits per heavy atom. The van der Waals surface area contributed by atoms with E-state index in [1.807, 2.05) is 0 Å². The Bertz CT molecular complexity index is 343. The first-order chi connectivity index (χ1) is 6.69. The number of amides is 1. The monoisotopic (exact) mass is 265 g/mol. The van der Waals surface area contributed by atoms with Crippen molar-refractivity contribution in [2.24, 2.45) is 5.73 Å². The van der Waals surface area contributed by atoms with E-state index in [-0.39, 0.29) is 24.8 Å². The van der Waals surface area contributed by atoms with Crippen molar-refractivity contribution >= 4 is 42.9 Å². The maximum Gasteiger partial charge on any atom is 0.417 e. The molecule has 0 aliphatic heterocycles. The molecule has 1 rings (SSSR count). The number of carbonyl (C=O) groups is 1. The van der Waals surface area contributed by atoms with Gasteiger partial charge >= 0.3 is 6.09 Å². The predicted molar refractivity (Wildman–Crippen MR) is 68.1 cm³/mol. The second kappa shape index (κ2) is 7.92. The number of carboxylic acid groups (broad SMARTS) is 1. The molecular weight excluding hydrogens is 253 g/mol. The number of hydrogen-bond acceptors (Lipinski definition) is 3. The number of halogens is 2. The van der Waals surface area contributed by atoms with Crippen molar-refractivity contribution < 1.29 is 9.90 Å². The second-order valence-corrected chi connectivity index (χ2v) is 2.65. The molecule has 16 heavy (non-hydrogen) atoms. The molecule has 0 fully saturated rings. The fraction of sp³-hybridized carbons (Fsp3) is 0.111. The van der Waals surface area contributed by atoms with Crippen LogP contribution < -0.4 is 10.6 Å². The van der Waals surface area contributed by atoms with Gasteiger partial charge in [0.25, 0.3) is 0 Å². The molecule has 0 heterocycles. The van der Waals surface area contributed by atoms with Crippen LogP contribution >= 0.6 is 24.8 Å². The summed E-state index contributed by atoms with van der Waals surface area (Å²) in [5.41, 5.74) is 6.75. The SMILES string of the molecule is Cl.Cl.N=CN(C(=O)O)c1ccc(CN)cc1. The van der Waals surface area contributed by atoms with Crippen LogP contribution in [0.3, 0.4) is 0 Å². The zero-order valence-corrected chi connectivity index (χ0v) is 9.92. The quantitative estimate of drug-likeness (QED) is 0.577. The summed E-state index contributed by atoms with van der Waals surface area (Å²) < 4.78 is 0. The lowest BCUT2D eigenvalue weighted by molar-refractivity contribution is 0.205. The van der Waals surface area contributed by atoms with Gasteiger partial charge in [-0.2, -0.15) is 0 Å². The summed E-state index contributed by atoms with van der Waals surface area (Å²) in [5.74, 6) is 0. The molecule has 0 aromatic heterocycles. The molecule has 0 bridgehead atoms. The normalized spacial score (nSPS) is 8.31. The Labute approximate surface area is 106 Å². The van der Waals surface area contributed by atoms with Crippen LogP contribution in [0.1, 0.15) is 5.56 Å². The van der Waals surface area contributed by atoms with Crippen molar-refractivity contribution in [3.8, 4) is 0 Å². The number of anilines is 1. The molecule has 0 saturated heterocycles. The number of nitrogens with zero attached hydrogens (tertiary/aromatic N) is 1. The maximum atomic E-state index is 10.6. The number of hydrogen-bond donors (Lipinski definition) is 3. The minimum Gasteiger partial charge on any atom is -0.464 e. The van der Waals surface area contributed by atoms with E-state index in [1.165, 1.54) is 0 Å². The van der Waals surface area contributed by atoms with Gasteiger partial charge in [-0.15, -0.1) is 24.8 Å². The van der Waals surface area contributed by atoms with Crippen LogP contribution in [0.2, 0.25) is 0 Å². The van der Waals surface area contributed by atoms with Crippen LogP contribution in [0.25, 0.3) is 0 Å². The van der Waals surface area contributed by atoms with Gasteiger partial charge in [0.1, 0.15) is 0 Å². The lowest BCUT2D eigenvalue weighted by Crippen LogP contribution is -2.26. The largest absolute Gasteiger partial charge is 0.464 e. The van der Waals surface area contributed by atoms with Crippen LogP contribution in [-0.4, -0.2) is 17.5 Å². The summed E-state index contributed by atoms with van der Waals surface area (Å²) in [5, 5.41) is 15.6. The Kier molecular flexibility index (Phi) is 8.47. The number of rotatable bonds is 3. The van der Waals surface area contributed by atoms with E-state index in [0.717, 1.165) is 16.8 Å². The minimum absolute atomic E-state index is 0. The highest BCUT2D eigenvalue weighted by Gasteiger charge is 2.10. The van der Waals surface area contributed by atoms with E-state index in [1.54, 1.807) is 24.3 Å². The van der Waals surface area contributed by atoms with E-state index in [4.69, 9.17) is 16.2 Å². The summed E-state index contributed by atoms with van der Waals surface area (Å²) in [7, 11) is 0. The zero-order chi connectivity index (χ0) is 10.6. The number of nitrogens with two attached hydrogens (primary N) is 1. The second-order valence-electron chi connectivity index (χ2n) is 2.65. The van der Waals surface area contributed by atoms with Gasteiger partial charge in [-0.25, -0.2) is 9.69 Å². The van der Waals surface area contributed by atoms with Crippen LogP contribution in [0, 0.1) is 5.41 Å². The molecule has 0 radical (unpaired) electrons. The Morgan fingerprint density at radius 2 is 1.88 bits per heavy atom. The van der Waals surface area contributed by atoms with E-state index >= 15 is 0 Å². The lowest BCUT2D eigenvalue weighted by Gasteiger charge is -2.12. The molecule has 0 aliphatic rings. The average Bonchev–Trinajstić information content (AvgIpc) is 2.19. The first kappa shape index (κ1) is 17.1. The van der Waals surface area contributed by atoms with Gasteiger partial charge in [0.15, 0.2) is 0 Å². The van der Waals surface area contributed by atoms with Gasteiger partial charge in [-0.3, -0.25) is 5.41 Å². The van der Waals surface area contributed by atoms with Crippen molar-refractivity contribution in [3.63, 3.8) is 0 Å². The maximum absolute atomic E-state index is 10.6. The third-order valence-corrected chi connectivity index (χ3v) is 1.79. The van der Waals surface area contributed by atoms with Gasteiger partial charge in [0.05, 0.1) is 12.0 Å². The fourth-order valence-electron chi connectivity index (χ4n) is 1.03. The first-order valence-corrected chi connectivity index (χ1v) is 4.00. The van der Waals surface area contributed by atoms with Crippen LogP contribution in [0.5, 0.6) is 0 Å². The van der Waals surface area contributed by atoms with Gasteiger partial charge < -0.3 is 10.8 Å². The van der Waals surface area contributed by atoms with Gasteiger partial charge in [0.2, 0.25) is 0 Å². The molecule has 1 aromatic rings. The van der Waals surface area contributed by atoms with E-state index in [9.17, 15) is 4.79 Å². The van der Waals surface area contributed by atoms with Crippen LogP contribution in [0.4, 0.5) is 10.5 Å². The molecule has 5 nitrogen and oxygen atoms in total. The Morgan fingerprint density at radius 1 is 1.38 bits per heavy atom. The molecule has 1 amide bonds. The molecular formula is C9H13Cl2N3O2. The number of nitrogens with one attached hydrogen (secondary N) is 1. The fourth-order valence-corrected chi connectivity index (χ4v) is 1.03. The molecule has 0 aliphatic carbocycles. The van der Waals surface area contributed by atoms with Crippen molar-refractivity contribution in [1.29, 1.82) is 5.41 Å². The van der Waals surface area contributed by atoms with Gasteiger partial charge in [-0.1, -0.05) is 12.1 Å². The lowest BCUT2D eigenvalue weighted by atomic mass is 10.2. The molecule has 4 N–H and O–H groups in total. The van der Waals surface area contributed by atoms with Crippen LogP contribution in [0.15, 0.2) is 24.3 Å². The molecule has 90 valence electrons. The van der Waals surface area contributed by atoms with E-state index < -0.39 is 6.09 Å². The molecule has 0 saturated carbocycles.